The SMILES string of the molecule is CCOc1cc(/C=N\N2C(=O)[C@@H]3[C@H]4C=C[C@@H]([C@@H]5C[C@@H]45)[C@@H]3C2=O)cc(I)c1OCC. The fourth-order valence-corrected chi connectivity index (χ4v) is 6.17. The molecule has 6 atom stereocenters. The Kier molecular flexibility index (Phi) is 4.68. The van der Waals surface area contributed by atoms with E-state index < -0.39 is 0 Å². The number of allylic oxidation sites excluding steroid dienone is 2. The van der Waals surface area contributed by atoms with E-state index >= 15 is 0 Å². The van der Waals surface area contributed by atoms with Crippen molar-refractivity contribution in [3.05, 3.63) is 33.4 Å². The highest BCUT2D eigenvalue weighted by Gasteiger charge is 2.67. The maximum absolute atomic E-state index is 13.0. The van der Waals surface area contributed by atoms with Gasteiger partial charge in [-0.2, -0.15) is 10.1 Å². The third kappa shape index (κ3) is 2.92. The van der Waals surface area contributed by atoms with Crippen LogP contribution in [0, 0.1) is 39.1 Å². The summed E-state index contributed by atoms with van der Waals surface area (Å²) in [6, 6.07) is 3.74. The van der Waals surface area contributed by atoms with Crippen LogP contribution in [0.3, 0.4) is 0 Å². The van der Waals surface area contributed by atoms with Crippen LogP contribution >= 0.6 is 22.6 Å². The number of carbonyl (C=O) groups is 2. The van der Waals surface area contributed by atoms with E-state index in [-0.39, 0.29) is 35.5 Å². The molecule has 0 unspecified atom stereocenters. The number of nitrogens with zero attached hydrogens (tertiary/aromatic N) is 2. The molecule has 6 rings (SSSR count). The molecule has 0 N–H and O–H groups in total. The smallest absolute Gasteiger partial charge is 0.254 e. The lowest BCUT2D eigenvalue weighted by molar-refractivity contribution is -0.140. The van der Waals surface area contributed by atoms with Gasteiger partial charge in [0.1, 0.15) is 0 Å². The number of carbonyl (C=O) groups excluding carboxylic acids is 2. The molecule has 1 aromatic carbocycles. The Morgan fingerprint density at radius 2 is 1.69 bits per heavy atom. The van der Waals surface area contributed by atoms with Crippen molar-refractivity contribution in [3.8, 4) is 11.5 Å². The van der Waals surface area contributed by atoms with E-state index in [2.05, 4.69) is 39.8 Å². The van der Waals surface area contributed by atoms with Crippen molar-refractivity contribution in [2.24, 2.45) is 40.6 Å². The summed E-state index contributed by atoms with van der Waals surface area (Å²) < 4.78 is 12.3. The van der Waals surface area contributed by atoms with Gasteiger partial charge < -0.3 is 9.47 Å². The van der Waals surface area contributed by atoms with E-state index in [0.717, 1.165) is 20.6 Å². The van der Waals surface area contributed by atoms with Crippen LogP contribution in [0.25, 0.3) is 0 Å². The number of hydrazone groups is 1. The normalized spacial score (nSPS) is 34.0. The molecule has 7 heteroatoms. The molecule has 1 aliphatic heterocycles. The number of benzene rings is 1. The molecule has 1 saturated heterocycles. The largest absolute Gasteiger partial charge is 0.490 e. The number of rotatable bonds is 6. The molecule has 2 amide bonds. The lowest BCUT2D eigenvalue weighted by Crippen LogP contribution is -2.40. The molecule has 2 saturated carbocycles. The highest BCUT2D eigenvalue weighted by atomic mass is 127. The van der Waals surface area contributed by atoms with Crippen molar-refractivity contribution in [3.63, 3.8) is 0 Å². The van der Waals surface area contributed by atoms with Crippen molar-refractivity contribution in [1.29, 1.82) is 0 Å². The molecular formula is C22H23IN2O4. The van der Waals surface area contributed by atoms with Crippen molar-refractivity contribution in [1.82, 2.24) is 5.01 Å². The molecule has 1 aromatic rings. The van der Waals surface area contributed by atoms with Crippen LogP contribution in [0.2, 0.25) is 0 Å². The Bertz CT molecular complexity index is 907. The van der Waals surface area contributed by atoms with E-state index in [0.29, 0.717) is 36.5 Å². The van der Waals surface area contributed by atoms with Crippen LogP contribution in [0.15, 0.2) is 29.4 Å². The zero-order valence-corrected chi connectivity index (χ0v) is 18.5. The Hall–Kier alpha value is -1.90. The third-order valence-corrected chi connectivity index (χ3v) is 7.38. The van der Waals surface area contributed by atoms with Gasteiger partial charge >= 0.3 is 0 Å². The van der Waals surface area contributed by atoms with E-state index in [1.165, 1.54) is 0 Å². The minimum Gasteiger partial charge on any atom is -0.490 e. The minimum absolute atomic E-state index is 0.147. The minimum atomic E-state index is -0.224. The van der Waals surface area contributed by atoms with E-state index in [1.807, 2.05) is 26.0 Å². The number of ether oxygens (including phenoxy) is 2. The second-order valence-electron chi connectivity index (χ2n) is 8.08. The molecule has 6 nitrogen and oxygen atoms in total. The fraction of sp³-hybridized carbons (Fsp3) is 0.500. The predicted octanol–water partition coefficient (Wildman–Crippen LogP) is 3.48. The number of imide groups is 1. The topological polar surface area (TPSA) is 68.2 Å². The van der Waals surface area contributed by atoms with Crippen LogP contribution < -0.4 is 9.47 Å². The quantitative estimate of drug-likeness (QED) is 0.257. The zero-order chi connectivity index (χ0) is 20.3. The number of halogens is 1. The number of hydrogen-bond donors (Lipinski definition) is 0. The zero-order valence-electron chi connectivity index (χ0n) is 16.4. The Balaban J connectivity index is 1.41. The molecule has 29 heavy (non-hydrogen) atoms. The van der Waals surface area contributed by atoms with Gasteiger partial charge in [-0.15, -0.1) is 0 Å². The van der Waals surface area contributed by atoms with Crippen molar-refractivity contribution in [2.45, 2.75) is 20.3 Å². The van der Waals surface area contributed by atoms with Crippen LogP contribution in [0.5, 0.6) is 11.5 Å². The second-order valence-corrected chi connectivity index (χ2v) is 9.25. The Morgan fingerprint density at radius 1 is 1.07 bits per heavy atom. The van der Waals surface area contributed by atoms with Crippen LogP contribution in [-0.2, 0) is 9.59 Å². The van der Waals surface area contributed by atoms with E-state index in [4.69, 9.17) is 9.47 Å². The summed E-state index contributed by atoms with van der Waals surface area (Å²) in [4.78, 5) is 26.0. The first-order valence-corrected chi connectivity index (χ1v) is 11.3. The lowest BCUT2D eigenvalue weighted by Gasteiger charge is -2.37. The second kappa shape index (κ2) is 7.11. The van der Waals surface area contributed by atoms with Gasteiger partial charge in [-0.3, -0.25) is 9.59 Å². The van der Waals surface area contributed by atoms with Gasteiger partial charge in [-0.1, -0.05) is 12.2 Å². The van der Waals surface area contributed by atoms with Gasteiger partial charge in [-0.05, 0) is 84.2 Å². The summed E-state index contributed by atoms with van der Waals surface area (Å²) in [7, 11) is 0. The molecular weight excluding hydrogens is 483 g/mol. The maximum Gasteiger partial charge on any atom is 0.254 e. The molecule has 5 aliphatic rings. The van der Waals surface area contributed by atoms with E-state index in [1.54, 1.807) is 6.21 Å². The summed E-state index contributed by atoms with van der Waals surface area (Å²) in [5.74, 6) is 2.20. The third-order valence-electron chi connectivity index (χ3n) is 6.58. The van der Waals surface area contributed by atoms with Gasteiger partial charge in [0.25, 0.3) is 11.8 Å². The summed E-state index contributed by atoms with van der Waals surface area (Å²) in [6.45, 7) is 4.90. The van der Waals surface area contributed by atoms with E-state index in [9.17, 15) is 9.59 Å². The maximum atomic E-state index is 13.0. The summed E-state index contributed by atoms with van der Waals surface area (Å²) in [5, 5.41) is 5.42. The average Bonchev–Trinajstić information content (AvgIpc) is 3.48. The highest BCUT2D eigenvalue weighted by Crippen LogP contribution is 2.65. The first-order chi connectivity index (χ1) is 14.0. The van der Waals surface area contributed by atoms with Crippen LogP contribution in [-0.4, -0.2) is 36.3 Å². The molecule has 3 fully saturated rings. The highest BCUT2D eigenvalue weighted by molar-refractivity contribution is 14.1. The summed E-state index contributed by atoms with van der Waals surface area (Å²) >= 11 is 2.20. The first kappa shape index (κ1) is 19.1. The van der Waals surface area contributed by atoms with Gasteiger partial charge in [0.05, 0.1) is 34.8 Å². The van der Waals surface area contributed by atoms with Gasteiger partial charge in [0.2, 0.25) is 0 Å². The van der Waals surface area contributed by atoms with Gasteiger partial charge in [0.15, 0.2) is 11.5 Å². The standard InChI is InChI=1S/C22H23IN2O4/c1-3-28-17-8-11(7-16(23)20(17)29-4-2)10-24-25-21(26)18-12-5-6-13(15-9-14(12)15)19(18)22(25)27/h5-8,10,12-15,18-19H,3-4,9H2,1-2H3/b24-10-/t12-,13-,14-,15-,18-,19+/m0/s1. The van der Waals surface area contributed by atoms with Crippen molar-refractivity contribution < 1.29 is 19.1 Å². The lowest BCUT2D eigenvalue weighted by atomic mass is 9.63. The molecule has 0 spiro atoms. The van der Waals surface area contributed by atoms with Gasteiger partial charge in [-0.25, -0.2) is 0 Å². The predicted molar refractivity (Wildman–Crippen MR) is 116 cm³/mol. The number of amides is 2. The van der Waals surface area contributed by atoms with Gasteiger partial charge in [0, 0.05) is 0 Å². The molecule has 0 aromatic heterocycles. The average molecular weight is 506 g/mol. The molecule has 152 valence electrons. The van der Waals surface area contributed by atoms with Crippen LogP contribution in [0.1, 0.15) is 25.8 Å². The first-order valence-electron chi connectivity index (χ1n) is 10.2. The van der Waals surface area contributed by atoms with Crippen LogP contribution in [0.4, 0.5) is 0 Å². The molecule has 2 bridgehead atoms. The fourth-order valence-electron chi connectivity index (χ4n) is 5.39. The number of hydrogen-bond acceptors (Lipinski definition) is 5. The Morgan fingerprint density at radius 3 is 2.28 bits per heavy atom. The monoisotopic (exact) mass is 506 g/mol. The molecule has 0 radical (unpaired) electrons. The molecule has 4 aliphatic carbocycles. The molecule has 1 heterocycles. The van der Waals surface area contributed by atoms with Crippen molar-refractivity contribution >= 4 is 40.6 Å². The Labute approximate surface area is 183 Å². The summed E-state index contributed by atoms with van der Waals surface area (Å²) in [5.41, 5.74) is 0.765. The van der Waals surface area contributed by atoms with Crippen molar-refractivity contribution in [2.75, 3.05) is 13.2 Å². The summed E-state index contributed by atoms with van der Waals surface area (Å²) in [6.07, 6.45) is 7.07.